The van der Waals surface area contributed by atoms with Gasteiger partial charge in [0.1, 0.15) is 11.5 Å². The van der Waals surface area contributed by atoms with Crippen molar-refractivity contribution >= 4 is 35.1 Å². The number of esters is 2. The van der Waals surface area contributed by atoms with E-state index in [9.17, 15) is 9.59 Å². The average molecular weight is 427 g/mol. The van der Waals surface area contributed by atoms with E-state index < -0.39 is 18.0 Å². The van der Waals surface area contributed by atoms with Gasteiger partial charge in [0.25, 0.3) is 0 Å². The topological polar surface area (TPSA) is 71.1 Å². The van der Waals surface area contributed by atoms with Crippen LogP contribution in [0, 0.1) is 0 Å². The predicted molar refractivity (Wildman–Crippen MR) is 105 cm³/mol. The summed E-state index contributed by atoms with van der Waals surface area (Å²) >= 11 is 12.2. The third kappa shape index (κ3) is 6.04. The van der Waals surface area contributed by atoms with Gasteiger partial charge in [-0.3, -0.25) is 0 Å². The van der Waals surface area contributed by atoms with Gasteiger partial charge in [-0.1, -0.05) is 35.3 Å². The van der Waals surface area contributed by atoms with E-state index in [0.29, 0.717) is 30.2 Å². The summed E-state index contributed by atoms with van der Waals surface area (Å²) in [7, 11) is 2.56. The highest BCUT2D eigenvalue weighted by atomic mass is 35.5. The van der Waals surface area contributed by atoms with E-state index >= 15 is 0 Å². The molecular formula is C20H20Cl2O6. The van der Waals surface area contributed by atoms with Crippen molar-refractivity contribution in [2.75, 3.05) is 20.8 Å². The summed E-state index contributed by atoms with van der Waals surface area (Å²) in [5.74, 6) is -0.224. The molecule has 2 aromatic carbocycles. The quantitative estimate of drug-likeness (QED) is 0.432. The zero-order valence-corrected chi connectivity index (χ0v) is 17.0. The fourth-order valence-electron chi connectivity index (χ4n) is 2.36. The summed E-state index contributed by atoms with van der Waals surface area (Å²) in [4.78, 5) is 23.6. The van der Waals surface area contributed by atoms with E-state index in [0.717, 1.165) is 0 Å². The standard InChI is InChI=1S/C20H20Cl2O6/c1-25-19(23)13-9-10-17(15(22)12-13)28-18(20(24)26-2)8-5-11-27-16-7-4-3-6-14(16)21/h3-4,6-7,9-10,12,18H,5,8,11H2,1-2H3. The fourth-order valence-corrected chi connectivity index (χ4v) is 2.78. The molecule has 150 valence electrons. The highest BCUT2D eigenvalue weighted by molar-refractivity contribution is 6.32. The van der Waals surface area contributed by atoms with Crippen LogP contribution < -0.4 is 9.47 Å². The predicted octanol–water partition coefficient (Wildman–Crippen LogP) is 4.56. The maximum absolute atomic E-state index is 12.0. The number of benzene rings is 2. The summed E-state index contributed by atoms with van der Waals surface area (Å²) in [6.45, 7) is 0.343. The van der Waals surface area contributed by atoms with Gasteiger partial charge in [0.05, 0.1) is 36.4 Å². The van der Waals surface area contributed by atoms with Crippen LogP contribution in [0.4, 0.5) is 0 Å². The number of carbonyl (C=O) groups is 2. The lowest BCUT2D eigenvalue weighted by atomic mass is 10.2. The minimum absolute atomic E-state index is 0.184. The molecule has 0 saturated carbocycles. The van der Waals surface area contributed by atoms with E-state index in [1.54, 1.807) is 12.1 Å². The molecule has 0 aliphatic rings. The minimum Gasteiger partial charge on any atom is -0.492 e. The Labute approximate surface area is 173 Å². The second-order valence-corrected chi connectivity index (χ2v) is 6.50. The number of hydrogen-bond donors (Lipinski definition) is 0. The zero-order chi connectivity index (χ0) is 20.5. The van der Waals surface area contributed by atoms with Crippen molar-refractivity contribution < 1.29 is 28.5 Å². The van der Waals surface area contributed by atoms with Gasteiger partial charge in [0, 0.05) is 0 Å². The van der Waals surface area contributed by atoms with Crippen molar-refractivity contribution in [3.8, 4) is 11.5 Å². The molecule has 0 spiro atoms. The Morgan fingerprint density at radius 3 is 2.36 bits per heavy atom. The Kier molecular flexibility index (Phi) is 8.42. The van der Waals surface area contributed by atoms with Crippen LogP contribution >= 0.6 is 23.2 Å². The summed E-state index contributed by atoms with van der Waals surface area (Å²) in [5.41, 5.74) is 0.280. The van der Waals surface area contributed by atoms with Gasteiger partial charge >= 0.3 is 11.9 Å². The van der Waals surface area contributed by atoms with Crippen LogP contribution in [0.3, 0.4) is 0 Å². The van der Waals surface area contributed by atoms with Gasteiger partial charge in [-0.05, 0) is 43.2 Å². The lowest BCUT2D eigenvalue weighted by Crippen LogP contribution is -2.29. The monoisotopic (exact) mass is 426 g/mol. The van der Waals surface area contributed by atoms with Gasteiger partial charge in [-0.15, -0.1) is 0 Å². The summed E-state index contributed by atoms with van der Waals surface area (Å²) in [5, 5.41) is 0.699. The fraction of sp³-hybridized carbons (Fsp3) is 0.300. The number of halogens is 2. The van der Waals surface area contributed by atoms with Crippen molar-refractivity contribution in [1.29, 1.82) is 0 Å². The molecule has 0 aliphatic heterocycles. The van der Waals surface area contributed by atoms with Crippen LogP contribution in [0.15, 0.2) is 42.5 Å². The number of rotatable bonds is 9. The van der Waals surface area contributed by atoms with Gasteiger partial charge < -0.3 is 18.9 Å². The molecule has 0 amide bonds. The van der Waals surface area contributed by atoms with E-state index in [2.05, 4.69) is 4.74 Å². The molecule has 6 nitrogen and oxygen atoms in total. The molecule has 2 rings (SSSR count). The van der Waals surface area contributed by atoms with Crippen LogP contribution in [0.25, 0.3) is 0 Å². The van der Waals surface area contributed by atoms with Crippen molar-refractivity contribution in [3.05, 3.63) is 58.1 Å². The lowest BCUT2D eigenvalue weighted by Gasteiger charge is -2.18. The molecule has 0 aliphatic carbocycles. The molecule has 1 atom stereocenters. The van der Waals surface area contributed by atoms with Gasteiger partial charge in [-0.2, -0.15) is 0 Å². The highest BCUT2D eigenvalue weighted by Crippen LogP contribution is 2.28. The SMILES string of the molecule is COC(=O)c1ccc(OC(CCCOc2ccccc2Cl)C(=O)OC)c(Cl)c1. The summed E-state index contributed by atoms with van der Waals surface area (Å²) < 4.78 is 20.8. The number of methoxy groups -OCH3 is 2. The normalized spacial score (nSPS) is 11.4. The van der Waals surface area contributed by atoms with Crippen LogP contribution in [-0.4, -0.2) is 38.9 Å². The zero-order valence-electron chi connectivity index (χ0n) is 15.4. The molecule has 0 heterocycles. The Balaban J connectivity index is 1.97. The number of carbonyl (C=O) groups excluding carboxylic acids is 2. The van der Waals surface area contributed by atoms with Crippen molar-refractivity contribution in [2.45, 2.75) is 18.9 Å². The largest absolute Gasteiger partial charge is 0.492 e. The maximum Gasteiger partial charge on any atom is 0.347 e. The third-order valence-corrected chi connectivity index (χ3v) is 4.40. The lowest BCUT2D eigenvalue weighted by molar-refractivity contribution is -0.149. The number of hydrogen-bond acceptors (Lipinski definition) is 6. The molecule has 2 aromatic rings. The molecule has 0 radical (unpaired) electrons. The Morgan fingerprint density at radius 1 is 0.964 bits per heavy atom. The first-order chi connectivity index (χ1) is 13.5. The Hall–Kier alpha value is -2.44. The molecular weight excluding hydrogens is 407 g/mol. The van der Waals surface area contributed by atoms with E-state index in [-0.39, 0.29) is 16.3 Å². The maximum atomic E-state index is 12.0. The molecule has 0 N–H and O–H groups in total. The number of ether oxygens (including phenoxy) is 4. The smallest absolute Gasteiger partial charge is 0.347 e. The summed E-state index contributed by atoms with van der Waals surface area (Å²) in [6.07, 6.45) is -0.0176. The molecule has 0 bridgehead atoms. The third-order valence-electron chi connectivity index (χ3n) is 3.79. The van der Waals surface area contributed by atoms with Crippen molar-refractivity contribution in [2.24, 2.45) is 0 Å². The molecule has 1 unspecified atom stereocenters. The van der Waals surface area contributed by atoms with Gasteiger partial charge in [-0.25, -0.2) is 9.59 Å². The van der Waals surface area contributed by atoms with Crippen LogP contribution in [0.5, 0.6) is 11.5 Å². The van der Waals surface area contributed by atoms with Crippen molar-refractivity contribution in [3.63, 3.8) is 0 Å². The summed E-state index contributed by atoms with van der Waals surface area (Å²) in [6, 6.07) is 11.5. The first kappa shape index (κ1) is 21.9. The average Bonchev–Trinajstić information content (AvgIpc) is 2.71. The molecule has 28 heavy (non-hydrogen) atoms. The van der Waals surface area contributed by atoms with Gasteiger partial charge in [0.2, 0.25) is 0 Å². The van der Waals surface area contributed by atoms with Crippen LogP contribution in [0.2, 0.25) is 10.0 Å². The van der Waals surface area contributed by atoms with Crippen molar-refractivity contribution in [1.82, 2.24) is 0 Å². The first-order valence-corrected chi connectivity index (χ1v) is 9.21. The molecule has 8 heteroatoms. The molecule has 0 fully saturated rings. The molecule has 0 saturated heterocycles. The van der Waals surface area contributed by atoms with Crippen LogP contribution in [0.1, 0.15) is 23.2 Å². The Morgan fingerprint density at radius 2 is 1.71 bits per heavy atom. The van der Waals surface area contributed by atoms with Crippen LogP contribution in [-0.2, 0) is 14.3 Å². The number of para-hydroxylation sites is 1. The second-order valence-electron chi connectivity index (χ2n) is 5.69. The molecule has 0 aromatic heterocycles. The van der Waals surface area contributed by atoms with Gasteiger partial charge in [0.15, 0.2) is 6.10 Å². The Bertz CT molecular complexity index is 824. The van der Waals surface area contributed by atoms with E-state index in [1.165, 1.54) is 32.4 Å². The highest BCUT2D eigenvalue weighted by Gasteiger charge is 2.22. The van der Waals surface area contributed by atoms with E-state index in [4.69, 9.17) is 37.4 Å². The van der Waals surface area contributed by atoms with E-state index in [1.807, 2.05) is 12.1 Å². The first-order valence-electron chi connectivity index (χ1n) is 8.46. The minimum atomic E-state index is -0.874. The second kappa shape index (κ2) is 10.8.